The summed E-state index contributed by atoms with van der Waals surface area (Å²) in [4.78, 5) is 4.65. The van der Waals surface area contributed by atoms with Crippen molar-refractivity contribution in [3.05, 3.63) is 11.7 Å². The molecule has 0 unspecified atom stereocenters. The lowest BCUT2D eigenvalue weighted by Crippen LogP contribution is -2.41. The maximum atomic E-state index is 6.56. The van der Waals surface area contributed by atoms with Gasteiger partial charge in [-0.2, -0.15) is 4.98 Å². The van der Waals surface area contributed by atoms with Crippen molar-refractivity contribution in [2.75, 3.05) is 0 Å². The summed E-state index contributed by atoms with van der Waals surface area (Å²) in [5.41, 5.74) is 6.21. The van der Waals surface area contributed by atoms with Crippen molar-refractivity contribution in [3.63, 3.8) is 0 Å². The summed E-state index contributed by atoms with van der Waals surface area (Å²) >= 11 is 0. The van der Waals surface area contributed by atoms with Crippen molar-refractivity contribution in [3.8, 4) is 0 Å². The van der Waals surface area contributed by atoms with Gasteiger partial charge in [0.1, 0.15) is 0 Å². The lowest BCUT2D eigenvalue weighted by atomic mass is 9.76. The Bertz CT molecular complexity index is 443. The highest BCUT2D eigenvalue weighted by Gasteiger charge is 2.37. The average molecular weight is 291 g/mol. The zero-order chi connectivity index (χ0) is 14.7. The highest BCUT2D eigenvalue weighted by Crippen LogP contribution is 2.37. The Hall–Kier alpha value is -0.900. The summed E-state index contributed by atoms with van der Waals surface area (Å²) in [6.07, 6.45) is 13.3. The molecule has 0 saturated heterocycles. The molecule has 2 aliphatic carbocycles. The highest BCUT2D eigenvalue weighted by atomic mass is 16.5. The van der Waals surface area contributed by atoms with Crippen LogP contribution in [0.25, 0.3) is 0 Å². The monoisotopic (exact) mass is 291 g/mol. The normalized spacial score (nSPS) is 31.4. The summed E-state index contributed by atoms with van der Waals surface area (Å²) < 4.78 is 5.50. The smallest absolute Gasteiger partial charge is 0.226 e. The van der Waals surface area contributed by atoms with Crippen LogP contribution in [0.15, 0.2) is 4.52 Å². The number of hydrogen-bond donors (Lipinski definition) is 1. The standard InChI is InChI=1S/C17H29N3O/c1-2-13-8-10-17(18,11-9-13)16-19-15(21-20-16)12-14-6-4-3-5-7-14/h13-14H,2-12,18H2,1H3. The van der Waals surface area contributed by atoms with Crippen LogP contribution in [0.5, 0.6) is 0 Å². The predicted octanol–water partition coefficient (Wildman–Crippen LogP) is 3.95. The molecule has 3 rings (SSSR count). The van der Waals surface area contributed by atoms with E-state index in [1.807, 2.05) is 0 Å². The first kappa shape index (κ1) is 15.0. The number of rotatable bonds is 4. The molecule has 0 amide bonds. The molecule has 0 bridgehead atoms. The molecule has 2 N–H and O–H groups in total. The molecule has 2 saturated carbocycles. The van der Waals surface area contributed by atoms with Gasteiger partial charge in [0.15, 0.2) is 5.82 Å². The molecule has 0 aliphatic heterocycles. The molecule has 0 aromatic carbocycles. The van der Waals surface area contributed by atoms with Crippen LogP contribution in [0.3, 0.4) is 0 Å². The Morgan fingerprint density at radius 2 is 1.81 bits per heavy atom. The van der Waals surface area contributed by atoms with Crippen LogP contribution in [0.1, 0.15) is 82.8 Å². The average Bonchev–Trinajstić information content (AvgIpc) is 2.98. The van der Waals surface area contributed by atoms with Gasteiger partial charge in [0.25, 0.3) is 0 Å². The summed E-state index contributed by atoms with van der Waals surface area (Å²) in [7, 11) is 0. The lowest BCUT2D eigenvalue weighted by Gasteiger charge is -2.34. The molecule has 118 valence electrons. The van der Waals surface area contributed by atoms with Crippen molar-refractivity contribution in [1.82, 2.24) is 10.1 Å². The van der Waals surface area contributed by atoms with Crippen molar-refractivity contribution < 1.29 is 4.52 Å². The van der Waals surface area contributed by atoms with Gasteiger partial charge < -0.3 is 10.3 Å². The Kier molecular flexibility index (Phi) is 4.63. The fourth-order valence-corrected chi connectivity index (χ4v) is 4.00. The molecule has 4 heteroatoms. The fourth-order valence-electron chi connectivity index (χ4n) is 4.00. The van der Waals surface area contributed by atoms with Gasteiger partial charge >= 0.3 is 0 Å². The molecular formula is C17H29N3O. The highest BCUT2D eigenvalue weighted by molar-refractivity contribution is 5.06. The van der Waals surface area contributed by atoms with Crippen molar-refractivity contribution in [2.45, 2.75) is 83.1 Å². The first-order chi connectivity index (χ1) is 10.2. The van der Waals surface area contributed by atoms with Gasteiger partial charge in [-0.15, -0.1) is 0 Å². The second-order valence-electron chi connectivity index (χ2n) is 7.23. The van der Waals surface area contributed by atoms with Crippen LogP contribution in [-0.4, -0.2) is 10.1 Å². The third-order valence-corrected chi connectivity index (χ3v) is 5.68. The largest absolute Gasteiger partial charge is 0.339 e. The van der Waals surface area contributed by atoms with E-state index in [9.17, 15) is 0 Å². The van der Waals surface area contributed by atoms with E-state index in [-0.39, 0.29) is 5.54 Å². The van der Waals surface area contributed by atoms with Crippen molar-refractivity contribution in [2.24, 2.45) is 17.6 Å². The summed E-state index contributed by atoms with van der Waals surface area (Å²) in [6, 6.07) is 0. The molecule has 21 heavy (non-hydrogen) atoms. The number of hydrogen-bond acceptors (Lipinski definition) is 4. The minimum atomic E-state index is -0.347. The third-order valence-electron chi connectivity index (χ3n) is 5.68. The van der Waals surface area contributed by atoms with Gasteiger partial charge in [0.05, 0.1) is 5.54 Å². The maximum absolute atomic E-state index is 6.56. The first-order valence-electron chi connectivity index (χ1n) is 8.81. The fraction of sp³-hybridized carbons (Fsp3) is 0.882. The molecule has 0 radical (unpaired) electrons. The Balaban J connectivity index is 1.61. The zero-order valence-electron chi connectivity index (χ0n) is 13.3. The lowest BCUT2D eigenvalue weighted by molar-refractivity contribution is 0.216. The summed E-state index contributed by atoms with van der Waals surface area (Å²) in [5, 5.41) is 4.22. The quantitative estimate of drug-likeness (QED) is 0.912. The van der Waals surface area contributed by atoms with Crippen molar-refractivity contribution >= 4 is 0 Å². The van der Waals surface area contributed by atoms with Crippen LogP contribution in [0.4, 0.5) is 0 Å². The SMILES string of the molecule is CCC1CCC(N)(c2noc(CC3CCCCC3)n2)CC1. The molecular weight excluding hydrogens is 262 g/mol. The van der Waals surface area contributed by atoms with Gasteiger partial charge in [-0.05, 0) is 50.4 Å². The van der Waals surface area contributed by atoms with Crippen LogP contribution in [0.2, 0.25) is 0 Å². The molecule has 1 heterocycles. The number of nitrogens with two attached hydrogens (primary N) is 1. The Morgan fingerprint density at radius 3 is 2.48 bits per heavy atom. The topological polar surface area (TPSA) is 64.9 Å². The van der Waals surface area contributed by atoms with E-state index in [1.165, 1.54) is 51.4 Å². The van der Waals surface area contributed by atoms with E-state index in [4.69, 9.17) is 10.3 Å². The van der Waals surface area contributed by atoms with E-state index in [0.717, 1.165) is 42.8 Å². The predicted molar refractivity (Wildman–Crippen MR) is 82.7 cm³/mol. The Labute approximate surface area is 127 Å². The number of nitrogens with zero attached hydrogens (tertiary/aromatic N) is 2. The third kappa shape index (κ3) is 3.47. The van der Waals surface area contributed by atoms with Crippen LogP contribution in [-0.2, 0) is 12.0 Å². The van der Waals surface area contributed by atoms with Crippen LogP contribution in [0, 0.1) is 11.8 Å². The number of aromatic nitrogens is 2. The molecule has 0 atom stereocenters. The van der Waals surface area contributed by atoms with Gasteiger partial charge in [-0.25, -0.2) is 0 Å². The summed E-state index contributed by atoms with van der Waals surface area (Å²) in [5.74, 6) is 3.12. The van der Waals surface area contributed by atoms with E-state index in [1.54, 1.807) is 0 Å². The minimum absolute atomic E-state index is 0.347. The molecule has 2 fully saturated rings. The zero-order valence-corrected chi connectivity index (χ0v) is 13.3. The first-order valence-corrected chi connectivity index (χ1v) is 8.81. The van der Waals surface area contributed by atoms with Crippen LogP contribution >= 0.6 is 0 Å². The van der Waals surface area contributed by atoms with Crippen molar-refractivity contribution in [1.29, 1.82) is 0 Å². The Morgan fingerprint density at radius 1 is 1.10 bits per heavy atom. The second-order valence-corrected chi connectivity index (χ2v) is 7.23. The molecule has 1 aromatic heterocycles. The van der Waals surface area contributed by atoms with E-state index in [2.05, 4.69) is 17.1 Å². The van der Waals surface area contributed by atoms with Gasteiger partial charge in [0, 0.05) is 6.42 Å². The summed E-state index contributed by atoms with van der Waals surface area (Å²) in [6.45, 7) is 2.27. The van der Waals surface area contributed by atoms with Gasteiger partial charge in [0.2, 0.25) is 5.89 Å². The van der Waals surface area contributed by atoms with E-state index in [0.29, 0.717) is 0 Å². The molecule has 0 spiro atoms. The molecule has 4 nitrogen and oxygen atoms in total. The molecule has 1 aromatic rings. The van der Waals surface area contributed by atoms with Crippen LogP contribution < -0.4 is 5.73 Å². The van der Waals surface area contributed by atoms with E-state index < -0.39 is 0 Å². The second kappa shape index (κ2) is 6.47. The van der Waals surface area contributed by atoms with Gasteiger partial charge in [-0.1, -0.05) is 37.8 Å². The minimum Gasteiger partial charge on any atom is -0.339 e. The van der Waals surface area contributed by atoms with Gasteiger partial charge in [-0.3, -0.25) is 0 Å². The molecule has 2 aliphatic rings. The van der Waals surface area contributed by atoms with E-state index >= 15 is 0 Å². The maximum Gasteiger partial charge on any atom is 0.226 e.